The number of carbonyl (C=O) groups is 2. The molecule has 1 saturated heterocycles. The first-order chi connectivity index (χ1) is 7.09. The molecule has 0 spiro atoms. The normalized spacial score (nSPS) is 35.3. The van der Waals surface area contributed by atoms with Gasteiger partial charge in [-0.2, -0.15) is 0 Å². The molecule has 2 rings (SSSR count). The van der Waals surface area contributed by atoms with E-state index in [1.165, 1.54) is 0 Å². The summed E-state index contributed by atoms with van der Waals surface area (Å²) in [6.07, 6.45) is 2.20. The van der Waals surface area contributed by atoms with Gasteiger partial charge in [0.1, 0.15) is 6.04 Å². The predicted octanol–water partition coefficient (Wildman–Crippen LogP) is 0.160. The molecule has 0 aromatic rings. The molecule has 3 atom stereocenters. The lowest BCUT2D eigenvalue weighted by atomic mass is 9.84. The Balaban J connectivity index is 2.07. The van der Waals surface area contributed by atoms with Crippen LogP contribution in [0.25, 0.3) is 0 Å². The molecule has 1 aliphatic carbocycles. The van der Waals surface area contributed by atoms with Crippen LogP contribution in [0, 0.1) is 17.8 Å². The zero-order chi connectivity index (χ0) is 11.0. The molecular formula is C10H15NO4. The maximum absolute atomic E-state index is 10.9. The van der Waals surface area contributed by atoms with Crippen molar-refractivity contribution < 1.29 is 19.8 Å². The molecule has 0 bridgehead atoms. The number of rotatable bonds is 4. The summed E-state index contributed by atoms with van der Waals surface area (Å²) in [6.45, 7) is 0.652. The Morgan fingerprint density at radius 3 is 2.40 bits per heavy atom. The minimum absolute atomic E-state index is 0.0366. The molecule has 0 aromatic heterocycles. The average Bonchev–Trinajstić information content (AvgIpc) is 2.88. The zero-order valence-corrected chi connectivity index (χ0v) is 8.35. The first-order valence-electron chi connectivity index (χ1n) is 5.27. The smallest absolute Gasteiger partial charge is 0.321 e. The molecule has 5 heteroatoms. The van der Waals surface area contributed by atoms with Crippen LogP contribution in [0.4, 0.5) is 0 Å². The van der Waals surface area contributed by atoms with Gasteiger partial charge in [-0.05, 0) is 37.1 Å². The fourth-order valence-corrected chi connectivity index (χ4v) is 2.59. The Labute approximate surface area is 87.5 Å². The number of nitrogens with one attached hydrogen (secondary N) is 1. The van der Waals surface area contributed by atoms with Gasteiger partial charge in [0, 0.05) is 0 Å². The molecule has 0 radical (unpaired) electrons. The minimum atomic E-state index is -0.926. The molecule has 5 nitrogen and oxygen atoms in total. The standard InChI is InChI=1S/C10H15NO4/c12-8(13)3-6-7(5-1-2-5)4-11-9(6)10(14)15/h5-7,9,11H,1-4H2,(H,12,13)(H,14,15)/t6-,7+,9-/m0/s1. The van der Waals surface area contributed by atoms with Crippen molar-refractivity contribution in [3.63, 3.8) is 0 Å². The van der Waals surface area contributed by atoms with Gasteiger partial charge in [0.25, 0.3) is 0 Å². The molecule has 15 heavy (non-hydrogen) atoms. The monoisotopic (exact) mass is 213 g/mol. The zero-order valence-electron chi connectivity index (χ0n) is 8.35. The predicted molar refractivity (Wildman–Crippen MR) is 51.4 cm³/mol. The van der Waals surface area contributed by atoms with Crippen molar-refractivity contribution in [1.29, 1.82) is 0 Å². The van der Waals surface area contributed by atoms with Crippen LogP contribution in [0.15, 0.2) is 0 Å². The highest BCUT2D eigenvalue weighted by molar-refractivity contribution is 5.76. The Morgan fingerprint density at radius 2 is 1.93 bits per heavy atom. The molecule has 2 aliphatic rings. The first-order valence-corrected chi connectivity index (χ1v) is 5.27. The Morgan fingerprint density at radius 1 is 1.27 bits per heavy atom. The van der Waals surface area contributed by atoms with Crippen LogP contribution in [0.2, 0.25) is 0 Å². The lowest BCUT2D eigenvalue weighted by molar-refractivity contribution is -0.142. The van der Waals surface area contributed by atoms with Crippen LogP contribution in [0.5, 0.6) is 0 Å². The van der Waals surface area contributed by atoms with Crippen molar-refractivity contribution in [2.24, 2.45) is 17.8 Å². The van der Waals surface area contributed by atoms with E-state index in [-0.39, 0.29) is 18.3 Å². The summed E-state index contributed by atoms with van der Waals surface area (Å²) in [5.41, 5.74) is 0. The summed E-state index contributed by atoms with van der Waals surface area (Å²) in [4.78, 5) is 21.6. The maximum atomic E-state index is 10.9. The van der Waals surface area contributed by atoms with Gasteiger partial charge >= 0.3 is 11.9 Å². The third-order valence-electron chi connectivity index (χ3n) is 3.46. The molecule has 0 amide bonds. The largest absolute Gasteiger partial charge is 0.481 e. The quantitative estimate of drug-likeness (QED) is 0.619. The van der Waals surface area contributed by atoms with E-state index < -0.39 is 18.0 Å². The Hall–Kier alpha value is -1.10. The van der Waals surface area contributed by atoms with E-state index in [0.29, 0.717) is 12.5 Å². The topological polar surface area (TPSA) is 86.6 Å². The first kappa shape index (κ1) is 10.4. The highest BCUT2D eigenvalue weighted by Gasteiger charge is 2.47. The lowest BCUT2D eigenvalue weighted by Crippen LogP contribution is -2.36. The Bertz CT molecular complexity index is 287. The summed E-state index contributed by atoms with van der Waals surface area (Å²) in [5, 5.41) is 20.7. The summed E-state index contributed by atoms with van der Waals surface area (Å²) in [7, 11) is 0. The SMILES string of the molecule is O=C(O)C[C@@H]1[C@@H](C(=O)O)NC[C@@H]1C1CC1. The van der Waals surface area contributed by atoms with E-state index in [1.807, 2.05) is 0 Å². The highest BCUT2D eigenvalue weighted by Crippen LogP contribution is 2.44. The molecule has 84 valence electrons. The van der Waals surface area contributed by atoms with Crippen LogP contribution in [0.1, 0.15) is 19.3 Å². The van der Waals surface area contributed by atoms with Gasteiger partial charge in [-0.3, -0.25) is 9.59 Å². The van der Waals surface area contributed by atoms with Crippen molar-refractivity contribution >= 4 is 11.9 Å². The van der Waals surface area contributed by atoms with Gasteiger partial charge in [0.15, 0.2) is 0 Å². The minimum Gasteiger partial charge on any atom is -0.481 e. The van der Waals surface area contributed by atoms with E-state index in [2.05, 4.69) is 5.32 Å². The second kappa shape index (κ2) is 3.81. The number of carboxylic acids is 2. The molecule has 2 fully saturated rings. The molecule has 0 aromatic carbocycles. The molecule has 0 unspecified atom stereocenters. The van der Waals surface area contributed by atoms with Crippen LogP contribution in [-0.2, 0) is 9.59 Å². The number of hydrogen-bond acceptors (Lipinski definition) is 3. The second-order valence-corrected chi connectivity index (χ2v) is 4.49. The third-order valence-corrected chi connectivity index (χ3v) is 3.46. The van der Waals surface area contributed by atoms with Crippen LogP contribution >= 0.6 is 0 Å². The van der Waals surface area contributed by atoms with Gasteiger partial charge in [-0.15, -0.1) is 0 Å². The van der Waals surface area contributed by atoms with E-state index in [1.54, 1.807) is 0 Å². The maximum Gasteiger partial charge on any atom is 0.321 e. The van der Waals surface area contributed by atoms with Gasteiger partial charge in [-0.25, -0.2) is 0 Å². The molecule has 1 saturated carbocycles. The summed E-state index contributed by atoms with van der Waals surface area (Å²) in [6, 6.07) is -0.674. The Kier molecular flexibility index (Phi) is 2.65. The van der Waals surface area contributed by atoms with Crippen LogP contribution in [0.3, 0.4) is 0 Å². The van der Waals surface area contributed by atoms with E-state index in [4.69, 9.17) is 10.2 Å². The van der Waals surface area contributed by atoms with Gasteiger partial charge in [-0.1, -0.05) is 0 Å². The molecule has 3 N–H and O–H groups in total. The molecule has 1 aliphatic heterocycles. The summed E-state index contributed by atoms with van der Waals surface area (Å²) in [5.74, 6) is -1.29. The van der Waals surface area contributed by atoms with Crippen LogP contribution in [-0.4, -0.2) is 34.7 Å². The van der Waals surface area contributed by atoms with E-state index in [9.17, 15) is 9.59 Å². The van der Waals surface area contributed by atoms with E-state index in [0.717, 1.165) is 12.8 Å². The van der Waals surface area contributed by atoms with Gasteiger partial charge < -0.3 is 15.5 Å². The lowest BCUT2D eigenvalue weighted by Gasteiger charge is -2.19. The summed E-state index contributed by atoms with van der Waals surface area (Å²) >= 11 is 0. The number of carboxylic acid groups (broad SMARTS) is 2. The van der Waals surface area contributed by atoms with Gasteiger partial charge in [0.2, 0.25) is 0 Å². The molecular weight excluding hydrogens is 198 g/mol. The second-order valence-electron chi connectivity index (χ2n) is 4.49. The van der Waals surface area contributed by atoms with Gasteiger partial charge in [0.05, 0.1) is 6.42 Å². The van der Waals surface area contributed by atoms with E-state index >= 15 is 0 Å². The van der Waals surface area contributed by atoms with Crippen molar-refractivity contribution in [1.82, 2.24) is 5.32 Å². The van der Waals surface area contributed by atoms with Crippen molar-refractivity contribution in [2.75, 3.05) is 6.54 Å². The van der Waals surface area contributed by atoms with Crippen molar-refractivity contribution in [2.45, 2.75) is 25.3 Å². The summed E-state index contributed by atoms with van der Waals surface area (Å²) < 4.78 is 0. The molecule has 1 heterocycles. The number of aliphatic carboxylic acids is 2. The van der Waals surface area contributed by atoms with Crippen molar-refractivity contribution in [3.05, 3.63) is 0 Å². The van der Waals surface area contributed by atoms with Crippen LogP contribution < -0.4 is 5.32 Å². The fourth-order valence-electron chi connectivity index (χ4n) is 2.59. The number of hydrogen-bond donors (Lipinski definition) is 3. The highest BCUT2D eigenvalue weighted by atomic mass is 16.4. The average molecular weight is 213 g/mol. The van der Waals surface area contributed by atoms with Crippen molar-refractivity contribution in [3.8, 4) is 0 Å². The third kappa shape index (κ3) is 2.12. The fraction of sp³-hybridized carbons (Fsp3) is 0.800.